The average molecular weight is 338 g/mol. The van der Waals surface area contributed by atoms with Crippen LogP contribution in [-0.2, 0) is 9.31 Å². The highest BCUT2D eigenvalue weighted by Gasteiger charge is 2.53. The van der Waals surface area contributed by atoms with Crippen LogP contribution in [0.15, 0.2) is 12.3 Å². The predicted octanol–water partition coefficient (Wildman–Crippen LogP) is 2.98. The monoisotopic (exact) mass is 337 g/mol. The molecule has 0 N–H and O–H groups in total. The lowest BCUT2D eigenvalue weighted by atomic mass is 9.79. The van der Waals surface area contributed by atoms with E-state index in [1.807, 2.05) is 27.7 Å². The maximum atomic E-state index is 12.4. The van der Waals surface area contributed by atoms with Gasteiger partial charge < -0.3 is 14.0 Å². The van der Waals surface area contributed by atoms with Gasteiger partial charge in [0.2, 0.25) is 0 Å². The van der Waals surface area contributed by atoms with Crippen LogP contribution in [0.25, 0.3) is 0 Å². The molecule has 0 bridgehead atoms. The quantitative estimate of drug-likeness (QED) is 0.628. The lowest BCUT2D eigenvalue weighted by Gasteiger charge is -2.32. The van der Waals surface area contributed by atoms with E-state index in [-0.39, 0.29) is 16.4 Å². The van der Waals surface area contributed by atoms with Gasteiger partial charge in [0.1, 0.15) is 10.9 Å². The number of nitrogens with zero attached hydrogens (tertiary/aromatic N) is 1. The van der Waals surface area contributed by atoms with Crippen molar-refractivity contribution in [2.24, 2.45) is 0 Å². The van der Waals surface area contributed by atoms with Crippen molar-refractivity contribution in [2.75, 3.05) is 6.61 Å². The molecule has 2 rings (SSSR count). The lowest BCUT2D eigenvalue weighted by Crippen LogP contribution is -2.41. The number of hydrogen-bond acceptors (Lipinski definition) is 4. The predicted molar refractivity (Wildman–Crippen MR) is 76.5 cm³/mol. The number of hydrogen-bond donors (Lipinski definition) is 0. The van der Waals surface area contributed by atoms with Gasteiger partial charge in [0, 0.05) is 6.20 Å². The third-order valence-corrected chi connectivity index (χ3v) is 4.08. The van der Waals surface area contributed by atoms with Crippen LogP contribution in [0.3, 0.4) is 0 Å². The molecule has 0 radical (unpaired) electrons. The zero-order valence-electron chi connectivity index (χ0n) is 12.6. The minimum absolute atomic E-state index is 0.0156. The summed E-state index contributed by atoms with van der Waals surface area (Å²) in [6.45, 7) is 5.88. The van der Waals surface area contributed by atoms with E-state index in [0.29, 0.717) is 0 Å². The Morgan fingerprint density at radius 1 is 1.23 bits per heavy atom. The van der Waals surface area contributed by atoms with Crippen LogP contribution >= 0.6 is 11.6 Å². The maximum Gasteiger partial charge on any atom is 0.501 e. The second kappa shape index (κ2) is 5.58. The van der Waals surface area contributed by atoms with Crippen molar-refractivity contribution in [2.45, 2.75) is 45.1 Å². The molecule has 0 atom stereocenters. The molecule has 1 saturated heterocycles. The van der Waals surface area contributed by atoms with Crippen LogP contribution in [-0.4, -0.2) is 36.1 Å². The van der Waals surface area contributed by atoms with Crippen LogP contribution in [0.4, 0.5) is 13.2 Å². The molecule has 2 heterocycles. The molecule has 0 amide bonds. The van der Waals surface area contributed by atoms with Gasteiger partial charge in [-0.3, -0.25) is 0 Å². The molecule has 0 unspecified atom stereocenters. The molecule has 1 fully saturated rings. The Balaban J connectivity index is 2.32. The molecule has 1 aromatic rings. The average Bonchev–Trinajstić information content (AvgIpc) is 2.54. The summed E-state index contributed by atoms with van der Waals surface area (Å²) in [5.74, 6) is -0.0594. The number of halogens is 4. The van der Waals surface area contributed by atoms with E-state index in [1.165, 1.54) is 12.3 Å². The Hall–Kier alpha value is -0.985. The normalized spacial score (nSPS) is 20.3. The molecular weight excluding hydrogens is 321 g/mol. The van der Waals surface area contributed by atoms with Gasteiger partial charge in [-0.05, 0) is 33.8 Å². The second-order valence-electron chi connectivity index (χ2n) is 6.01. The fourth-order valence-corrected chi connectivity index (χ4v) is 2.13. The van der Waals surface area contributed by atoms with Crippen LogP contribution in [0.1, 0.15) is 27.7 Å². The highest BCUT2D eigenvalue weighted by atomic mass is 35.5. The van der Waals surface area contributed by atoms with E-state index in [9.17, 15) is 13.2 Å². The SMILES string of the molecule is CC1(C)OB(c2c(OCC(F)(F)F)ccnc2Cl)OC1(C)C. The van der Waals surface area contributed by atoms with Crippen LogP contribution in [0, 0.1) is 0 Å². The number of pyridine rings is 1. The summed E-state index contributed by atoms with van der Waals surface area (Å²) >= 11 is 6.01. The maximum absolute atomic E-state index is 12.4. The molecule has 1 aliphatic rings. The summed E-state index contributed by atoms with van der Waals surface area (Å²) in [6, 6.07) is 1.30. The van der Waals surface area contributed by atoms with Crippen molar-refractivity contribution < 1.29 is 27.2 Å². The first-order valence-electron chi connectivity index (χ1n) is 6.62. The van der Waals surface area contributed by atoms with E-state index >= 15 is 0 Å². The zero-order chi connectivity index (χ0) is 16.8. The molecule has 9 heteroatoms. The molecule has 1 aliphatic heterocycles. The molecular formula is C13H16BClF3NO3. The molecule has 0 spiro atoms. The highest BCUT2D eigenvalue weighted by Crippen LogP contribution is 2.37. The fraction of sp³-hybridized carbons (Fsp3) is 0.615. The van der Waals surface area contributed by atoms with Crippen LogP contribution < -0.4 is 10.2 Å². The van der Waals surface area contributed by atoms with Gasteiger partial charge in [-0.1, -0.05) is 11.6 Å². The zero-order valence-corrected chi connectivity index (χ0v) is 13.4. The Bertz CT molecular complexity index is 550. The van der Waals surface area contributed by atoms with Gasteiger partial charge in [-0.15, -0.1) is 0 Å². The van der Waals surface area contributed by atoms with Crippen LogP contribution in [0.2, 0.25) is 5.15 Å². The molecule has 0 aromatic carbocycles. The van der Waals surface area contributed by atoms with E-state index in [4.69, 9.17) is 25.6 Å². The van der Waals surface area contributed by atoms with Gasteiger partial charge in [0.05, 0.1) is 16.7 Å². The largest absolute Gasteiger partial charge is 0.501 e. The van der Waals surface area contributed by atoms with Crippen molar-refractivity contribution >= 4 is 24.2 Å². The van der Waals surface area contributed by atoms with E-state index < -0.39 is 31.1 Å². The first kappa shape index (κ1) is 17.4. The van der Waals surface area contributed by atoms with Crippen molar-refractivity contribution in [3.05, 3.63) is 17.4 Å². The second-order valence-corrected chi connectivity index (χ2v) is 6.36. The van der Waals surface area contributed by atoms with Gasteiger partial charge in [-0.25, -0.2) is 4.98 Å². The molecule has 0 saturated carbocycles. The van der Waals surface area contributed by atoms with E-state index in [2.05, 4.69) is 4.98 Å². The standard InChI is InChI=1S/C13H16BClF3NO3/c1-11(2)12(3,4)22-14(21-11)9-8(5-6-19-10(9)15)20-7-13(16,17)18/h5-6H,7H2,1-4H3. The van der Waals surface area contributed by atoms with Crippen molar-refractivity contribution in [1.29, 1.82) is 0 Å². The number of rotatable bonds is 3. The summed E-state index contributed by atoms with van der Waals surface area (Å²) in [5, 5.41) is -0.0156. The Labute approximate surface area is 132 Å². The Kier molecular flexibility index (Phi) is 4.41. The summed E-state index contributed by atoms with van der Waals surface area (Å²) in [4.78, 5) is 3.87. The lowest BCUT2D eigenvalue weighted by molar-refractivity contribution is -0.153. The summed E-state index contributed by atoms with van der Waals surface area (Å²) in [5.41, 5.74) is -1.15. The Morgan fingerprint density at radius 3 is 2.27 bits per heavy atom. The first-order valence-corrected chi connectivity index (χ1v) is 7.00. The number of aromatic nitrogens is 1. The van der Waals surface area contributed by atoms with Gasteiger partial charge in [-0.2, -0.15) is 13.2 Å². The smallest absolute Gasteiger partial charge is 0.484 e. The fourth-order valence-electron chi connectivity index (χ4n) is 1.89. The minimum atomic E-state index is -4.46. The molecule has 4 nitrogen and oxygen atoms in total. The van der Waals surface area contributed by atoms with Crippen molar-refractivity contribution in [3.63, 3.8) is 0 Å². The topological polar surface area (TPSA) is 40.6 Å². The van der Waals surface area contributed by atoms with Crippen LogP contribution in [0.5, 0.6) is 5.75 Å². The Morgan fingerprint density at radius 2 is 1.77 bits per heavy atom. The minimum Gasteiger partial charge on any atom is -0.484 e. The number of ether oxygens (including phenoxy) is 1. The summed E-state index contributed by atoms with van der Waals surface area (Å²) < 4.78 is 53.5. The first-order chi connectivity index (χ1) is 9.93. The molecule has 22 heavy (non-hydrogen) atoms. The van der Waals surface area contributed by atoms with E-state index in [0.717, 1.165) is 0 Å². The molecule has 0 aliphatic carbocycles. The molecule has 122 valence electrons. The third kappa shape index (κ3) is 3.50. The van der Waals surface area contributed by atoms with Gasteiger partial charge in [0.25, 0.3) is 0 Å². The third-order valence-electron chi connectivity index (χ3n) is 3.78. The van der Waals surface area contributed by atoms with Crippen molar-refractivity contribution in [3.8, 4) is 5.75 Å². The van der Waals surface area contributed by atoms with Gasteiger partial charge in [0.15, 0.2) is 6.61 Å². The summed E-state index contributed by atoms with van der Waals surface area (Å²) in [6.07, 6.45) is -3.19. The van der Waals surface area contributed by atoms with E-state index in [1.54, 1.807) is 0 Å². The summed E-state index contributed by atoms with van der Waals surface area (Å²) in [7, 11) is -0.950. The molecule has 1 aromatic heterocycles. The number of alkyl halides is 3. The highest BCUT2D eigenvalue weighted by molar-refractivity contribution is 6.66. The van der Waals surface area contributed by atoms with Crippen molar-refractivity contribution in [1.82, 2.24) is 4.98 Å². The van der Waals surface area contributed by atoms with Gasteiger partial charge >= 0.3 is 13.3 Å².